The fraction of sp³-hybridized carbons (Fsp3) is 0.125. The van der Waals surface area contributed by atoms with Crippen LogP contribution < -0.4 is 10.6 Å². The number of carbonyl (C=O) groups excluding carboxylic acids is 1. The van der Waals surface area contributed by atoms with Gasteiger partial charge >= 0.3 is 6.18 Å². The van der Waals surface area contributed by atoms with E-state index in [2.05, 4.69) is 30.6 Å². The lowest BCUT2D eigenvalue weighted by atomic mass is 10.0. The first-order valence-corrected chi connectivity index (χ1v) is 10.2. The molecule has 0 spiro atoms. The molecular weight excluding hydrogens is 445 g/mol. The molecule has 0 aliphatic heterocycles. The first-order valence-electron chi connectivity index (χ1n) is 10.2. The van der Waals surface area contributed by atoms with E-state index >= 15 is 0 Å². The Hall–Kier alpha value is -4.34. The number of alkyl halides is 3. The van der Waals surface area contributed by atoms with Crippen LogP contribution in [0.4, 0.5) is 24.7 Å². The SMILES string of the molecule is CNc1cc(-c2nccc(-c3cc(NC(=O)c4cc(C(F)(F)F)ccn4)ccc3C)n2)ccn1. The first-order chi connectivity index (χ1) is 16.2. The number of amides is 1. The van der Waals surface area contributed by atoms with Gasteiger partial charge in [0.15, 0.2) is 5.82 Å². The van der Waals surface area contributed by atoms with Crippen molar-refractivity contribution in [1.82, 2.24) is 19.9 Å². The zero-order valence-electron chi connectivity index (χ0n) is 18.2. The van der Waals surface area contributed by atoms with E-state index in [4.69, 9.17) is 0 Å². The van der Waals surface area contributed by atoms with E-state index in [1.165, 1.54) is 0 Å². The van der Waals surface area contributed by atoms with Gasteiger partial charge in [-0.2, -0.15) is 13.2 Å². The first kappa shape index (κ1) is 22.8. The number of carbonyl (C=O) groups is 1. The van der Waals surface area contributed by atoms with Gasteiger partial charge in [-0.1, -0.05) is 6.07 Å². The molecule has 0 unspecified atom stereocenters. The quantitative estimate of drug-likeness (QED) is 0.421. The molecule has 3 aromatic heterocycles. The lowest BCUT2D eigenvalue weighted by Crippen LogP contribution is -2.15. The maximum absolute atomic E-state index is 13.0. The van der Waals surface area contributed by atoms with E-state index in [-0.39, 0.29) is 5.69 Å². The third-order valence-corrected chi connectivity index (χ3v) is 5.02. The Labute approximate surface area is 193 Å². The minimum absolute atomic E-state index is 0.334. The number of hydrogen-bond donors (Lipinski definition) is 2. The van der Waals surface area contributed by atoms with Gasteiger partial charge in [-0.15, -0.1) is 0 Å². The van der Waals surface area contributed by atoms with Crippen LogP contribution in [0.2, 0.25) is 0 Å². The fourth-order valence-corrected chi connectivity index (χ4v) is 3.26. The predicted octanol–water partition coefficient (Wildman–Crippen LogP) is 5.22. The summed E-state index contributed by atoms with van der Waals surface area (Å²) in [5.41, 5.74) is 2.15. The van der Waals surface area contributed by atoms with E-state index in [1.807, 2.05) is 13.0 Å². The number of rotatable bonds is 5. The molecule has 1 aromatic carbocycles. The molecule has 3 heterocycles. The zero-order chi connectivity index (χ0) is 24.3. The van der Waals surface area contributed by atoms with Crippen LogP contribution >= 0.6 is 0 Å². The molecule has 172 valence electrons. The average Bonchev–Trinajstić information content (AvgIpc) is 2.85. The second-order valence-electron chi connectivity index (χ2n) is 7.36. The number of hydrogen-bond acceptors (Lipinski definition) is 6. The Bertz CT molecular complexity index is 1360. The van der Waals surface area contributed by atoms with Gasteiger partial charge in [0.25, 0.3) is 5.91 Å². The van der Waals surface area contributed by atoms with Crippen molar-refractivity contribution in [3.63, 3.8) is 0 Å². The van der Waals surface area contributed by atoms with Crippen molar-refractivity contribution in [1.29, 1.82) is 0 Å². The van der Waals surface area contributed by atoms with E-state index in [0.29, 0.717) is 23.0 Å². The maximum Gasteiger partial charge on any atom is 0.416 e. The Balaban J connectivity index is 1.63. The van der Waals surface area contributed by atoms with Gasteiger partial charge < -0.3 is 10.6 Å². The molecule has 34 heavy (non-hydrogen) atoms. The molecule has 0 radical (unpaired) electrons. The van der Waals surface area contributed by atoms with E-state index < -0.39 is 17.6 Å². The summed E-state index contributed by atoms with van der Waals surface area (Å²) in [5, 5.41) is 5.58. The Morgan fingerprint density at radius 3 is 2.44 bits per heavy atom. The highest BCUT2D eigenvalue weighted by Gasteiger charge is 2.31. The molecule has 2 N–H and O–H groups in total. The van der Waals surface area contributed by atoms with Crippen molar-refractivity contribution in [2.45, 2.75) is 13.1 Å². The van der Waals surface area contributed by atoms with Gasteiger partial charge in [-0.05, 0) is 55.0 Å². The summed E-state index contributed by atoms with van der Waals surface area (Å²) < 4.78 is 38.9. The van der Waals surface area contributed by atoms with Crippen LogP contribution in [0, 0.1) is 6.92 Å². The lowest BCUT2D eigenvalue weighted by molar-refractivity contribution is -0.137. The Morgan fingerprint density at radius 1 is 0.912 bits per heavy atom. The van der Waals surface area contributed by atoms with Crippen molar-refractivity contribution in [2.75, 3.05) is 17.7 Å². The van der Waals surface area contributed by atoms with Crippen LogP contribution in [0.15, 0.2) is 67.1 Å². The number of halogens is 3. The van der Waals surface area contributed by atoms with Crippen molar-refractivity contribution in [3.8, 4) is 22.6 Å². The standard InChI is InChI=1S/C24H19F3N6O/c1-14-3-4-17(32-23(34)20-12-16(6-9-29-20)24(25,26)27)13-18(14)19-7-10-31-22(33-19)15-5-8-30-21(11-15)28-2/h3-13H,1-2H3,(H,28,30)(H,32,34). The van der Waals surface area contributed by atoms with Gasteiger partial charge in [0, 0.05) is 42.5 Å². The number of nitrogens with zero attached hydrogens (tertiary/aromatic N) is 4. The van der Waals surface area contributed by atoms with Gasteiger partial charge in [-0.3, -0.25) is 9.78 Å². The second kappa shape index (κ2) is 9.26. The molecule has 1 amide bonds. The highest BCUT2D eigenvalue weighted by molar-refractivity contribution is 6.03. The topological polar surface area (TPSA) is 92.7 Å². The van der Waals surface area contributed by atoms with Crippen molar-refractivity contribution in [3.05, 3.63) is 83.9 Å². The molecular formula is C24H19F3N6O. The van der Waals surface area contributed by atoms with Gasteiger partial charge in [0.1, 0.15) is 11.5 Å². The molecule has 0 atom stereocenters. The Kier molecular flexibility index (Phi) is 6.22. The summed E-state index contributed by atoms with van der Waals surface area (Å²) in [7, 11) is 1.77. The summed E-state index contributed by atoms with van der Waals surface area (Å²) in [6.45, 7) is 1.89. The smallest absolute Gasteiger partial charge is 0.373 e. The summed E-state index contributed by atoms with van der Waals surface area (Å²) >= 11 is 0. The number of aryl methyl sites for hydroxylation is 1. The van der Waals surface area contributed by atoms with E-state index in [9.17, 15) is 18.0 Å². The van der Waals surface area contributed by atoms with Gasteiger partial charge in [0.2, 0.25) is 0 Å². The minimum atomic E-state index is -4.57. The highest BCUT2D eigenvalue weighted by Crippen LogP contribution is 2.30. The van der Waals surface area contributed by atoms with Crippen LogP contribution in [0.25, 0.3) is 22.6 Å². The monoisotopic (exact) mass is 464 g/mol. The second-order valence-corrected chi connectivity index (χ2v) is 7.36. The van der Waals surface area contributed by atoms with Crippen LogP contribution in [-0.2, 0) is 6.18 Å². The maximum atomic E-state index is 13.0. The molecule has 0 saturated heterocycles. The largest absolute Gasteiger partial charge is 0.416 e. The molecule has 0 aliphatic rings. The molecule has 7 nitrogen and oxygen atoms in total. The summed E-state index contributed by atoms with van der Waals surface area (Å²) in [4.78, 5) is 29.5. The van der Waals surface area contributed by atoms with Crippen LogP contribution in [0.3, 0.4) is 0 Å². The molecule has 0 aliphatic carbocycles. The number of anilines is 2. The van der Waals surface area contributed by atoms with Crippen molar-refractivity contribution in [2.24, 2.45) is 0 Å². The van der Waals surface area contributed by atoms with Gasteiger partial charge in [0.05, 0.1) is 11.3 Å². The number of nitrogens with one attached hydrogen (secondary N) is 2. The predicted molar refractivity (Wildman–Crippen MR) is 122 cm³/mol. The summed E-state index contributed by atoms with van der Waals surface area (Å²) in [5.74, 6) is 0.426. The fourth-order valence-electron chi connectivity index (χ4n) is 3.26. The van der Waals surface area contributed by atoms with Crippen LogP contribution in [0.5, 0.6) is 0 Å². The molecule has 0 bridgehead atoms. The number of aromatic nitrogens is 4. The van der Waals surface area contributed by atoms with Crippen molar-refractivity contribution < 1.29 is 18.0 Å². The minimum Gasteiger partial charge on any atom is -0.373 e. The normalized spacial score (nSPS) is 11.2. The van der Waals surface area contributed by atoms with E-state index in [0.717, 1.165) is 35.0 Å². The molecule has 0 fully saturated rings. The third kappa shape index (κ3) is 5.01. The van der Waals surface area contributed by atoms with Crippen molar-refractivity contribution >= 4 is 17.4 Å². The highest BCUT2D eigenvalue weighted by atomic mass is 19.4. The number of benzene rings is 1. The van der Waals surface area contributed by atoms with E-state index in [1.54, 1.807) is 49.8 Å². The molecule has 0 saturated carbocycles. The number of pyridine rings is 2. The summed E-state index contributed by atoms with van der Waals surface area (Å²) in [6.07, 6.45) is -0.323. The molecule has 10 heteroatoms. The Morgan fingerprint density at radius 2 is 1.68 bits per heavy atom. The third-order valence-electron chi connectivity index (χ3n) is 5.02. The average molecular weight is 464 g/mol. The molecule has 4 aromatic rings. The lowest BCUT2D eigenvalue weighted by Gasteiger charge is -2.12. The zero-order valence-corrected chi connectivity index (χ0v) is 18.2. The molecule has 4 rings (SSSR count). The van der Waals surface area contributed by atoms with Crippen LogP contribution in [0.1, 0.15) is 21.6 Å². The summed E-state index contributed by atoms with van der Waals surface area (Å²) in [6, 6.07) is 12.1. The van der Waals surface area contributed by atoms with Crippen LogP contribution in [-0.4, -0.2) is 32.9 Å². The van der Waals surface area contributed by atoms with Gasteiger partial charge in [-0.25, -0.2) is 15.0 Å².